The smallest absolute Gasteiger partial charge is 0.280 e. The number of benzene rings is 2. The van der Waals surface area contributed by atoms with Crippen LogP contribution in [0.1, 0.15) is 12.5 Å². The molecule has 0 radical (unpaired) electrons. The first-order valence-corrected chi connectivity index (χ1v) is 11.1. The molecule has 0 unspecified atom stereocenters. The third-order valence-corrected chi connectivity index (χ3v) is 7.37. The van der Waals surface area contributed by atoms with Crippen molar-refractivity contribution in [3.05, 3.63) is 66.0 Å². The predicted octanol–water partition coefficient (Wildman–Crippen LogP) is 0.762. The molecule has 2 aromatic rings. The SMILES string of the molecule is C[C@@H](C(=O)N(C)Cc1ccccc1)[NH+]1CCN(S(=O)(=O)c2ccccc2F)CC1. The second-order valence-electron chi connectivity index (χ2n) is 7.39. The number of carbonyl (C=O) groups is 1. The van der Waals surface area contributed by atoms with Gasteiger partial charge in [-0.2, -0.15) is 4.31 Å². The standard InChI is InChI=1S/C21H26FN3O3S/c1-17(21(26)23(2)16-18-8-4-3-5-9-18)24-12-14-25(15-13-24)29(27,28)20-11-7-6-10-19(20)22/h3-11,17H,12-16H2,1-2H3/p+1/t17-/m0/s1. The molecular weight excluding hydrogens is 393 g/mol. The van der Waals surface area contributed by atoms with Gasteiger partial charge in [-0.15, -0.1) is 0 Å². The van der Waals surface area contributed by atoms with Gasteiger partial charge in [0.05, 0.1) is 26.2 Å². The van der Waals surface area contributed by atoms with Crippen LogP contribution in [0.5, 0.6) is 0 Å². The van der Waals surface area contributed by atoms with Gasteiger partial charge < -0.3 is 9.80 Å². The number of carbonyl (C=O) groups excluding carboxylic acids is 1. The van der Waals surface area contributed by atoms with Gasteiger partial charge >= 0.3 is 0 Å². The maximum atomic E-state index is 14.0. The van der Waals surface area contributed by atoms with Gasteiger partial charge in [0.15, 0.2) is 6.04 Å². The summed E-state index contributed by atoms with van der Waals surface area (Å²) in [6.45, 7) is 3.92. The Morgan fingerprint density at radius 1 is 1.10 bits per heavy atom. The van der Waals surface area contributed by atoms with Gasteiger partial charge in [-0.25, -0.2) is 12.8 Å². The van der Waals surface area contributed by atoms with Crippen LogP contribution >= 0.6 is 0 Å². The van der Waals surface area contributed by atoms with Crippen molar-refractivity contribution in [2.45, 2.75) is 24.4 Å². The molecule has 0 spiro atoms. The molecule has 29 heavy (non-hydrogen) atoms. The highest BCUT2D eigenvalue weighted by atomic mass is 32.2. The molecule has 0 saturated carbocycles. The zero-order chi connectivity index (χ0) is 21.0. The van der Waals surface area contributed by atoms with Crippen LogP contribution in [0.15, 0.2) is 59.5 Å². The maximum Gasteiger partial charge on any atom is 0.280 e. The lowest BCUT2D eigenvalue weighted by Gasteiger charge is -2.35. The fourth-order valence-corrected chi connectivity index (χ4v) is 5.19. The van der Waals surface area contributed by atoms with E-state index in [2.05, 4.69) is 0 Å². The lowest BCUT2D eigenvalue weighted by Crippen LogP contribution is -3.19. The van der Waals surface area contributed by atoms with Gasteiger partial charge in [0.2, 0.25) is 10.0 Å². The Morgan fingerprint density at radius 3 is 2.31 bits per heavy atom. The summed E-state index contributed by atoms with van der Waals surface area (Å²) in [5, 5.41) is 0. The number of amides is 1. The van der Waals surface area contributed by atoms with Crippen molar-refractivity contribution < 1.29 is 22.5 Å². The second-order valence-corrected chi connectivity index (χ2v) is 9.30. The van der Waals surface area contributed by atoms with Crippen molar-refractivity contribution in [3.8, 4) is 0 Å². The Bertz CT molecular complexity index is 945. The monoisotopic (exact) mass is 420 g/mol. The highest BCUT2D eigenvalue weighted by molar-refractivity contribution is 7.89. The predicted molar refractivity (Wildman–Crippen MR) is 108 cm³/mol. The van der Waals surface area contributed by atoms with E-state index >= 15 is 0 Å². The van der Waals surface area contributed by atoms with E-state index in [0.717, 1.165) is 16.5 Å². The molecule has 1 amide bonds. The van der Waals surface area contributed by atoms with Crippen LogP contribution in [0.3, 0.4) is 0 Å². The molecule has 1 aliphatic rings. The summed E-state index contributed by atoms with van der Waals surface area (Å²) in [7, 11) is -2.09. The molecule has 1 atom stereocenters. The van der Waals surface area contributed by atoms with E-state index < -0.39 is 15.8 Å². The fraction of sp³-hybridized carbons (Fsp3) is 0.381. The fourth-order valence-electron chi connectivity index (χ4n) is 3.68. The molecule has 1 heterocycles. The second kappa shape index (κ2) is 9.02. The van der Waals surface area contributed by atoms with Crippen LogP contribution < -0.4 is 4.90 Å². The molecule has 8 heteroatoms. The topological polar surface area (TPSA) is 62.1 Å². The molecule has 6 nitrogen and oxygen atoms in total. The van der Waals surface area contributed by atoms with E-state index in [0.29, 0.717) is 19.6 Å². The molecule has 0 aliphatic carbocycles. The van der Waals surface area contributed by atoms with Gasteiger partial charge in [0.25, 0.3) is 5.91 Å². The first kappa shape index (κ1) is 21.4. The number of sulfonamides is 1. The van der Waals surface area contributed by atoms with Crippen LogP contribution in [-0.2, 0) is 21.4 Å². The van der Waals surface area contributed by atoms with Crippen molar-refractivity contribution in [1.29, 1.82) is 0 Å². The number of nitrogens with one attached hydrogen (secondary N) is 1. The lowest BCUT2D eigenvalue weighted by atomic mass is 10.2. The minimum Gasteiger partial charge on any atom is -0.336 e. The number of likely N-dealkylation sites (N-methyl/N-ethyl adjacent to an activating group) is 1. The van der Waals surface area contributed by atoms with Crippen LogP contribution in [0, 0.1) is 5.82 Å². The van der Waals surface area contributed by atoms with Crippen LogP contribution in [-0.4, -0.2) is 62.8 Å². The van der Waals surface area contributed by atoms with Crippen molar-refractivity contribution in [2.75, 3.05) is 33.2 Å². The molecule has 0 bridgehead atoms. The minimum absolute atomic E-state index is 0.0225. The summed E-state index contributed by atoms with van der Waals surface area (Å²) in [6, 6.07) is 14.9. The van der Waals surface area contributed by atoms with Crippen molar-refractivity contribution in [2.24, 2.45) is 0 Å². The molecule has 156 valence electrons. The first-order valence-electron chi connectivity index (χ1n) is 9.69. The Kier molecular flexibility index (Phi) is 6.66. The Morgan fingerprint density at radius 2 is 1.69 bits per heavy atom. The lowest BCUT2D eigenvalue weighted by molar-refractivity contribution is -0.918. The zero-order valence-electron chi connectivity index (χ0n) is 16.7. The third-order valence-electron chi connectivity index (χ3n) is 5.44. The summed E-state index contributed by atoms with van der Waals surface area (Å²) >= 11 is 0. The molecule has 1 fully saturated rings. The van der Waals surface area contributed by atoms with Crippen molar-refractivity contribution >= 4 is 15.9 Å². The maximum absolute atomic E-state index is 14.0. The van der Waals surface area contributed by atoms with Gasteiger partial charge in [0.1, 0.15) is 10.7 Å². The molecule has 2 aromatic carbocycles. The largest absolute Gasteiger partial charge is 0.336 e. The van der Waals surface area contributed by atoms with Crippen molar-refractivity contribution in [3.63, 3.8) is 0 Å². The van der Waals surface area contributed by atoms with E-state index in [4.69, 9.17) is 0 Å². The molecule has 0 aromatic heterocycles. The van der Waals surface area contributed by atoms with Gasteiger partial charge in [-0.05, 0) is 24.6 Å². The van der Waals surface area contributed by atoms with Crippen LogP contribution in [0.2, 0.25) is 0 Å². The Hall–Kier alpha value is -2.29. The number of piperazine rings is 1. The van der Waals surface area contributed by atoms with Gasteiger partial charge in [-0.1, -0.05) is 42.5 Å². The Labute approximate surface area is 171 Å². The first-order chi connectivity index (χ1) is 13.8. The summed E-state index contributed by atoms with van der Waals surface area (Å²) in [6.07, 6.45) is 0. The molecular formula is C21H27FN3O3S+. The number of halogens is 1. The number of rotatable bonds is 6. The summed E-state index contributed by atoms with van der Waals surface area (Å²) < 4.78 is 40.7. The van der Waals surface area contributed by atoms with Gasteiger partial charge in [0, 0.05) is 13.6 Å². The average Bonchev–Trinajstić information content (AvgIpc) is 2.73. The summed E-state index contributed by atoms with van der Waals surface area (Å²) in [5.41, 5.74) is 1.06. The zero-order valence-corrected chi connectivity index (χ0v) is 17.5. The van der Waals surface area contributed by atoms with Crippen LogP contribution in [0.4, 0.5) is 4.39 Å². The van der Waals surface area contributed by atoms with E-state index in [1.54, 1.807) is 11.9 Å². The normalized spacial score (nSPS) is 17.1. The molecule has 3 rings (SSSR count). The van der Waals surface area contributed by atoms with Crippen LogP contribution in [0.25, 0.3) is 0 Å². The van der Waals surface area contributed by atoms with E-state index in [1.165, 1.54) is 22.5 Å². The summed E-state index contributed by atoms with van der Waals surface area (Å²) in [5.74, 6) is -0.720. The average molecular weight is 421 g/mol. The van der Waals surface area contributed by atoms with E-state index in [9.17, 15) is 17.6 Å². The minimum atomic E-state index is -3.87. The summed E-state index contributed by atoms with van der Waals surface area (Å²) in [4.78, 5) is 15.3. The number of nitrogens with zero attached hydrogens (tertiary/aromatic N) is 2. The highest BCUT2D eigenvalue weighted by Gasteiger charge is 2.36. The third kappa shape index (κ3) is 4.83. The molecule has 1 N–H and O–H groups in total. The Balaban J connectivity index is 1.60. The number of hydrogen-bond donors (Lipinski definition) is 1. The van der Waals surface area contributed by atoms with E-state index in [-0.39, 0.29) is 29.9 Å². The highest BCUT2D eigenvalue weighted by Crippen LogP contribution is 2.18. The molecule has 1 aliphatic heterocycles. The number of quaternary nitrogens is 1. The van der Waals surface area contributed by atoms with E-state index in [1.807, 2.05) is 37.3 Å². The van der Waals surface area contributed by atoms with Gasteiger partial charge in [-0.3, -0.25) is 4.79 Å². The quantitative estimate of drug-likeness (QED) is 0.751. The van der Waals surface area contributed by atoms with Crippen molar-refractivity contribution in [1.82, 2.24) is 9.21 Å². The number of hydrogen-bond acceptors (Lipinski definition) is 3. The molecule has 1 saturated heterocycles.